The zero-order valence-corrected chi connectivity index (χ0v) is 29.2. The number of carbonyl (C=O) groups excluding carboxylic acids is 3. The molecule has 2 radical (unpaired) electrons. The number of hydrogen-bond donors (Lipinski definition) is 1. The minimum Gasteiger partial charge on any atom is -0.458 e. The van der Waals surface area contributed by atoms with E-state index in [2.05, 4.69) is 27.5 Å². The number of nitrogens with zero attached hydrogens (tertiary/aromatic N) is 5. The maximum atomic E-state index is 13.5. The third kappa shape index (κ3) is 7.49. The number of ketones is 1. The number of carbonyl (C=O) groups is 3. The van der Waals surface area contributed by atoms with Gasteiger partial charge in [-0.2, -0.15) is 0 Å². The second kappa shape index (κ2) is 14.9. The summed E-state index contributed by atoms with van der Waals surface area (Å²) in [5.74, 6) is -3.15. The van der Waals surface area contributed by atoms with Gasteiger partial charge < -0.3 is 19.5 Å². The fraction of sp³-hybridized carbons (Fsp3) is 0.750. The van der Waals surface area contributed by atoms with Crippen molar-refractivity contribution in [3.05, 3.63) is 17.8 Å². The van der Waals surface area contributed by atoms with Gasteiger partial charge in [-0.05, 0) is 71.7 Å². The summed E-state index contributed by atoms with van der Waals surface area (Å²) in [5, 5.41) is 14.8. The molecular formula is C32H49BN6O6S. The molecule has 4 rings (SSSR count). The van der Waals surface area contributed by atoms with E-state index < -0.39 is 53.1 Å². The first-order valence-electron chi connectivity index (χ1n) is 16.3. The highest BCUT2D eigenvalue weighted by Crippen LogP contribution is 2.40. The lowest BCUT2D eigenvalue weighted by Gasteiger charge is -2.41. The Bertz CT molecular complexity index is 1340. The molecule has 2 fully saturated rings. The molecule has 0 aromatic carbocycles. The first-order chi connectivity index (χ1) is 21.8. The van der Waals surface area contributed by atoms with Gasteiger partial charge in [0.05, 0.1) is 25.7 Å². The van der Waals surface area contributed by atoms with Crippen molar-refractivity contribution in [2.24, 2.45) is 17.8 Å². The van der Waals surface area contributed by atoms with Crippen LogP contribution in [0.4, 0.5) is 4.79 Å². The first-order valence-corrected chi connectivity index (χ1v) is 17.2. The second-order valence-electron chi connectivity index (χ2n) is 13.4. The number of nitrogens with one attached hydrogen (secondary N) is 1. The van der Waals surface area contributed by atoms with Gasteiger partial charge in [-0.3, -0.25) is 19.2 Å². The number of amides is 1. The third-order valence-electron chi connectivity index (χ3n) is 9.91. The summed E-state index contributed by atoms with van der Waals surface area (Å²) in [7, 11) is 8.25. The molecule has 1 N–H and O–H groups in total. The predicted octanol–water partition coefficient (Wildman–Crippen LogP) is 4.30. The van der Waals surface area contributed by atoms with Crippen molar-refractivity contribution in [2.45, 2.75) is 116 Å². The van der Waals surface area contributed by atoms with Crippen LogP contribution in [0.5, 0.6) is 0 Å². The van der Waals surface area contributed by atoms with Crippen LogP contribution < -0.4 is 5.32 Å². The molecule has 2 saturated heterocycles. The van der Waals surface area contributed by atoms with E-state index in [1.807, 2.05) is 39.3 Å². The normalized spacial score (nSPS) is 34.8. The molecule has 12 nitrogen and oxygen atoms in total. The molecule has 0 spiro atoms. The van der Waals surface area contributed by atoms with Gasteiger partial charge in [0.15, 0.2) is 5.60 Å². The van der Waals surface area contributed by atoms with Crippen molar-refractivity contribution < 1.29 is 28.6 Å². The number of rotatable bonds is 8. The van der Waals surface area contributed by atoms with Crippen LogP contribution in [0.2, 0.25) is 5.82 Å². The monoisotopic (exact) mass is 656 g/mol. The first kappa shape index (κ1) is 36.0. The Kier molecular flexibility index (Phi) is 11.7. The Balaban J connectivity index is 1.55. The molecule has 2 aromatic rings. The highest BCUT2D eigenvalue weighted by atomic mass is 32.1. The standard InChI is InChI=1S/C32H49BN6O6S/c1-9-24-32(7)27(39(30(42)45-32)14-11-10-13-38-18-23(36-37-38)28-34-12-15-46-28)22(5)35-17-19(2)16-31(6,43-8)26(33)20(3)25(40)21(4)29(41)44-24/h12,15,18-22,24,26-27,35H,9-11,13-14,16-17H2,1-8H3/t19-,20+,21-,22-,24-,26-,27-,31-,32-/m1/s1. The van der Waals surface area contributed by atoms with Crippen LogP contribution in [-0.4, -0.2) is 100 Å². The number of esters is 1. The second-order valence-corrected chi connectivity index (χ2v) is 14.3. The van der Waals surface area contributed by atoms with Crippen LogP contribution in [0.15, 0.2) is 17.8 Å². The summed E-state index contributed by atoms with van der Waals surface area (Å²) < 4.78 is 19.8. The van der Waals surface area contributed by atoms with Gasteiger partial charge in [-0.1, -0.05) is 26.0 Å². The summed E-state index contributed by atoms with van der Waals surface area (Å²) in [5.41, 5.74) is -1.22. The van der Waals surface area contributed by atoms with Gasteiger partial charge in [-0.25, -0.2) is 9.78 Å². The van der Waals surface area contributed by atoms with Crippen LogP contribution in [-0.2, 0) is 30.3 Å². The average molecular weight is 657 g/mol. The van der Waals surface area contributed by atoms with Crippen molar-refractivity contribution >= 4 is 37.0 Å². The lowest BCUT2D eigenvalue weighted by atomic mass is 9.62. The van der Waals surface area contributed by atoms with Crippen LogP contribution in [0.1, 0.15) is 74.1 Å². The number of Topliss-reactive ketones (excluding diaryl/α,β-unsaturated/α-hetero) is 1. The van der Waals surface area contributed by atoms with Gasteiger partial charge in [0.25, 0.3) is 0 Å². The van der Waals surface area contributed by atoms with Gasteiger partial charge in [0.1, 0.15) is 28.5 Å². The Morgan fingerprint density at radius 2 is 1.87 bits per heavy atom. The van der Waals surface area contributed by atoms with Crippen LogP contribution in [0.25, 0.3) is 10.7 Å². The van der Waals surface area contributed by atoms with Crippen molar-refractivity contribution in [2.75, 3.05) is 20.2 Å². The molecule has 0 bridgehead atoms. The number of aromatic nitrogens is 4. The molecule has 2 aromatic heterocycles. The Morgan fingerprint density at radius 3 is 2.52 bits per heavy atom. The summed E-state index contributed by atoms with van der Waals surface area (Å²) >= 11 is 1.51. The fourth-order valence-electron chi connectivity index (χ4n) is 7.08. The summed E-state index contributed by atoms with van der Waals surface area (Å²) in [4.78, 5) is 46.5. The van der Waals surface area contributed by atoms with E-state index in [0.717, 1.165) is 17.1 Å². The molecule has 1 amide bonds. The smallest absolute Gasteiger partial charge is 0.410 e. The predicted molar refractivity (Wildman–Crippen MR) is 175 cm³/mol. The Morgan fingerprint density at radius 1 is 1.15 bits per heavy atom. The molecule has 0 aliphatic carbocycles. The molecule has 9 atom stereocenters. The van der Waals surface area contributed by atoms with E-state index in [1.54, 1.807) is 36.7 Å². The topological polar surface area (TPSA) is 138 Å². The lowest BCUT2D eigenvalue weighted by molar-refractivity contribution is -0.170. The zero-order valence-electron chi connectivity index (χ0n) is 28.4. The fourth-order valence-corrected chi connectivity index (χ4v) is 7.66. The van der Waals surface area contributed by atoms with Crippen molar-refractivity contribution in [3.63, 3.8) is 0 Å². The molecule has 46 heavy (non-hydrogen) atoms. The van der Waals surface area contributed by atoms with Gasteiger partial charge in [-0.15, -0.1) is 16.4 Å². The summed E-state index contributed by atoms with van der Waals surface area (Å²) in [6.07, 6.45) is 4.83. The molecular weight excluding hydrogens is 607 g/mol. The largest absolute Gasteiger partial charge is 0.458 e. The molecule has 0 unspecified atom stereocenters. The van der Waals surface area contributed by atoms with Gasteiger partial charge in [0.2, 0.25) is 0 Å². The van der Waals surface area contributed by atoms with E-state index in [1.165, 1.54) is 11.3 Å². The Labute approximate surface area is 277 Å². The van der Waals surface area contributed by atoms with E-state index in [-0.39, 0.29) is 17.7 Å². The molecule has 2 aliphatic heterocycles. The number of cyclic esters (lactones) is 1. The van der Waals surface area contributed by atoms with Gasteiger partial charge >= 0.3 is 12.1 Å². The molecule has 4 heterocycles. The van der Waals surface area contributed by atoms with Crippen LogP contribution in [0.3, 0.4) is 0 Å². The van der Waals surface area contributed by atoms with Crippen LogP contribution >= 0.6 is 11.3 Å². The molecule has 2 aliphatic rings. The van der Waals surface area contributed by atoms with E-state index in [0.29, 0.717) is 38.9 Å². The summed E-state index contributed by atoms with van der Waals surface area (Å²) in [6.45, 7) is 14.8. The number of fused-ring (bicyclic) bond motifs is 1. The maximum absolute atomic E-state index is 13.5. The zero-order chi connectivity index (χ0) is 33.8. The number of hydrogen-bond acceptors (Lipinski definition) is 11. The van der Waals surface area contributed by atoms with E-state index in [4.69, 9.17) is 22.1 Å². The molecule has 14 heteroatoms. The van der Waals surface area contributed by atoms with E-state index >= 15 is 0 Å². The summed E-state index contributed by atoms with van der Waals surface area (Å²) in [6, 6.07) is -0.660. The van der Waals surface area contributed by atoms with Gasteiger partial charge in [0, 0.05) is 43.7 Å². The third-order valence-corrected chi connectivity index (χ3v) is 10.7. The number of aryl methyl sites for hydroxylation is 1. The molecule has 252 valence electrons. The van der Waals surface area contributed by atoms with Crippen molar-refractivity contribution in [1.29, 1.82) is 0 Å². The number of ether oxygens (including phenoxy) is 3. The van der Waals surface area contributed by atoms with Crippen LogP contribution in [0, 0.1) is 17.8 Å². The lowest BCUT2D eigenvalue weighted by Crippen LogP contribution is -2.61. The highest BCUT2D eigenvalue weighted by molar-refractivity contribution is 7.13. The minimum absolute atomic E-state index is 0.123. The minimum atomic E-state index is -1.16. The quantitative estimate of drug-likeness (QED) is 0.189. The van der Waals surface area contributed by atoms with Crippen molar-refractivity contribution in [3.8, 4) is 10.7 Å². The number of thiazole rings is 1. The SMILES string of the molecule is [B][C@@H]1[C@@H](C)C(=O)[C@@H](C)C(=O)O[C@H](CC)[C@@]2(C)OC(=O)N(CCCCn3cc(-c4nccs4)nn3)[C@@H]2[C@@H](C)NC[C@H](C)C[C@@]1(C)OC. The maximum Gasteiger partial charge on any atom is 0.410 e. The average Bonchev–Trinajstić information content (AvgIpc) is 3.78. The van der Waals surface area contributed by atoms with Crippen molar-refractivity contribution in [1.82, 2.24) is 30.2 Å². The van der Waals surface area contributed by atoms with E-state index in [9.17, 15) is 14.4 Å². The molecule has 0 saturated carbocycles. The highest BCUT2D eigenvalue weighted by Gasteiger charge is 2.58. The number of methoxy groups -OCH3 is 1. The number of unbranched alkanes of at least 4 members (excludes halogenated alkanes) is 1. The Hall–Kier alpha value is -2.84.